The number of hydrogen-bond acceptors (Lipinski definition) is 3. The molecule has 7 heteroatoms. The zero-order valence-corrected chi connectivity index (χ0v) is 16.0. The standard InChI is InChI=1S/C19H23FN2O3S/c1-13-6-5-7-18(12-13)22(26(4,24)25)15(3)19(23)21-14(2)16-8-10-17(20)11-9-16/h5-12,14-15H,1-4H3,(H,21,23)/t14-,15+/m0/s1. The van der Waals surface area contributed by atoms with E-state index in [1.54, 1.807) is 37.3 Å². The molecule has 0 aliphatic rings. The first-order valence-corrected chi connectivity index (χ1v) is 10.1. The van der Waals surface area contributed by atoms with Crippen LogP contribution in [0.25, 0.3) is 0 Å². The molecule has 0 spiro atoms. The molecular formula is C19H23FN2O3S. The van der Waals surface area contributed by atoms with E-state index in [0.29, 0.717) is 5.69 Å². The zero-order valence-electron chi connectivity index (χ0n) is 15.2. The van der Waals surface area contributed by atoms with Gasteiger partial charge < -0.3 is 5.32 Å². The Balaban J connectivity index is 2.23. The van der Waals surface area contributed by atoms with Crippen LogP contribution in [0.4, 0.5) is 10.1 Å². The third kappa shape index (κ3) is 4.82. The third-order valence-electron chi connectivity index (χ3n) is 4.07. The number of carbonyl (C=O) groups excluding carboxylic acids is 1. The lowest BCUT2D eigenvalue weighted by molar-refractivity contribution is -0.122. The molecule has 5 nitrogen and oxygen atoms in total. The number of anilines is 1. The number of rotatable bonds is 6. The van der Waals surface area contributed by atoms with Gasteiger partial charge in [-0.25, -0.2) is 12.8 Å². The summed E-state index contributed by atoms with van der Waals surface area (Å²) in [6, 6.07) is 11.4. The Morgan fingerprint density at radius 1 is 1.12 bits per heavy atom. The lowest BCUT2D eigenvalue weighted by atomic mass is 10.1. The fraction of sp³-hybridized carbons (Fsp3) is 0.316. The molecule has 1 N–H and O–H groups in total. The van der Waals surface area contributed by atoms with Crippen molar-refractivity contribution < 1.29 is 17.6 Å². The summed E-state index contributed by atoms with van der Waals surface area (Å²) in [7, 11) is -3.66. The maximum atomic E-state index is 13.0. The van der Waals surface area contributed by atoms with E-state index in [1.165, 1.54) is 19.1 Å². The number of sulfonamides is 1. The van der Waals surface area contributed by atoms with Crippen molar-refractivity contribution in [1.82, 2.24) is 5.32 Å². The van der Waals surface area contributed by atoms with Crippen molar-refractivity contribution in [3.8, 4) is 0 Å². The molecule has 2 aromatic rings. The van der Waals surface area contributed by atoms with Crippen molar-refractivity contribution in [2.45, 2.75) is 32.9 Å². The Bertz CT molecular complexity index is 882. The molecular weight excluding hydrogens is 355 g/mol. The van der Waals surface area contributed by atoms with Gasteiger partial charge in [-0.3, -0.25) is 9.10 Å². The van der Waals surface area contributed by atoms with Crippen LogP contribution in [0.5, 0.6) is 0 Å². The van der Waals surface area contributed by atoms with Crippen LogP contribution in [-0.4, -0.2) is 26.6 Å². The van der Waals surface area contributed by atoms with E-state index in [9.17, 15) is 17.6 Å². The zero-order chi connectivity index (χ0) is 19.5. The first-order valence-electron chi connectivity index (χ1n) is 8.21. The number of aryl methyl sites for hydroxylation is 1. The maximum absolute atomic E-state index is 13.0. The van der Waals surface area contributed by atoms with Gasteiger partial charge in [0.05, 0.1) is 18.0 Å². The topological polar surface area (TPSA) is 66.5 Å². The van der Waals surface area contributed by atoms with Crippen LogP contribution in [0, 0.1) is 12.7 Å². The minimum absolute atomic E-state index is 0.358. The van der Waals surface area contributed by atoms with Crippen molar-refractivity contribution in [1.29, 1.82) is 0 Å². The van der Waals surface area contributed by atoms with Crippen LogP contribution < -0.4 is 9.62 Å². The molecule has 0 fully saturated rings. The largest absolute Gasteiger partial charge is 0.348 e. The predicted molar refractivity (Wildman–Crippen MR) is 101 cm³/mol. The second-order valence-corrected chi connectivity index (χ2v) is 8.22. The molecule has 0 aromatic heterocycles. The highest BCUT2D eigenvalue weighted by molar-refractivity contribution is 7.92. The van der Waals surface area contributed by atoms with Gasteiger partial charge in [0.2, 0.25) is 15.9 Å². The number of nitrogens with zero attached hydrogens (tertiary/aromatic N) is 1. The van der Waals surface area contributed by atoms with Gasteiger partial charge in [0.1, 0.15) is 11.9 Å². The summed E-state index contributed by atoms with van der Waals surface area (Å²) in [5.74, 6) is -0.794. The van der Waals surface area contributed by atoms with E-state index in [4.69, 9.17) is 0 Å². The lowest BCUT2D eigenvalue weighted by Gasteiger charge is -2.29. The van der Waals surface area contributed by atoms with Gasteiger partial charge in [0, 0.05) is 0 Å². The second-order valence-electron chi connectivity index (χ2n) is 6.36. The summed E-state index contributed by atoms with van der Waals surface area (Å²) in [4.78, 5) is 12.6. The molecule has 1 amide bonds. The van der Waals surface area contributed by atoms with Crippen molar-refractivity contribution >= 4 is 21.6 Å². The van der Waals surface area contributed by atoms with Crippen molar-refractivity contribution in [2.75, 3.05) is 10.6 Å². The number of carbonyl (C=O) groups is 1. The average molecular weight is 378 g/mol. The Morgan fingerprint density at radius 3 is 2.27 bits per heavy atom. The number of nitrogens with one attached hydrogen (secondary N) is 1. The van der Waals surface area contributed by atoms with Gasteiger partial charge in [0.25, 0.3) is 0 Å². The molecule has 0 radical (unpaired) electrons. The molecule has 0 saturated carbocycles. The Hall–Kier alpha value is -2.41. The van der Waals surface area contributed by atoms with Crippen molar-refractivity contribution in [3.05, 3.63) is 65.5 Å². The van der Waals surface area contributed by atoms with E-state index < -0.39 is 22.0 Å². The highest BCUT2D eigenvalue weighted by Gasteiger charge is 2.29. The summed E-state index contributed by atoms with van der Waals surface area (Å²) in [6.07, 6.45) is 1.07. The molecule has 0 saturated heterocycles. The Morgan fingerprint density at radius 2 is 1.73 bits per heavy atom. The number of benzene rings is 2. The summed E-state index contributed by atoms with van der Waals surface area (Å²) in [5.41, 5.74) is 2.06. The number of amides is 1. The Labute approximate surface area is 153 Å². The lowest BCUT2D eigenvalue weighted by Crippen LogP contribution is -2.48. The molecule has 0 heterocycles. The van der Waals surface area contributed by atoms with Gasteiger partial charge in [-0.1, -0.05) is 24.3 Å². The SMILES string of the molecule is Cc1cccc(N([C@H](C)C(=O)N[C@@H](C)c2ccc(F)cc2)S(C)(=O)=O)c1. The fourth-order valence-electron chi connectivity index (χ4n) is 2.74. The minimum atomic E-state index is -3.66. The fourth-order valence-corrected chi connectivity index (χ4v) is 3.91. The van der Waals surface area contributed by atoms with Crippen molar-refractivity contribution in [3.63, 3.8) is 0 Å². The second kappa shape index (κ2) is 7.86. The van der Waals surface area contributed by atoms with Crippen LogP contribution in [0.15, 0.2) is 48.5 Å². The molecule has 2 atom stereocenters. The van der Waals surface area contributed by atoms with Gasteiger partial charge in [-0.2, -0.15) is 0 Å². The summed E-state index contributed by atoms with van der Waals surface area (Å²) < 4.78 is 38.7. The molecule has 0 aliphatic heterocycles. The van der Waals surface area contributed by atoms with Crippen LogP contribution in [-0.2, 0) is 14.8 Å². The summed E-state index contributed by atoms with van der Waals surface area (Å²) in [6.45, 7) is 5.15. The maximum Gasteiger partial charge on any atom is 0.244 e. The highest BCUT2D eigenvalue weighted by Crippen LogP contribution is 2.22. The van der Waals surface area contributed by atoms with Crippen LogP contribution >= 0.6 is 0 Å². The summed E-state index contributed by atoms with van der Waals surface area (Å²) in [5, 5.41) is 2.78. The van der Waals surface area contributed by atoms with Gasteiger partial charge >= 0.3 is 0 Å². The predicted octanol–water partition coefficient (Wildman–Crippen LogP) is 3.17. The van der Waals surface area contributed by atoms with Crippen LogP contribution in [0.1, 0.15) is 31.0 Å². The summed E-state index contributed by atoms with van der Waals surface area (Å²) >= 11 is 0. The van der Waals surface area contributed by atoms with Crippen LogP contribution in [0.3, 0.4) is 0 Å². The Kier molecular flexibility index (Phi) is 6.02. The molecule has 2 rings (SSSR count). The smallest absolute Gasteiger partial charge is 0.244 e. The van der Waals surface area contributed by atoms with Crippen molar-refractivity contribution in [2.24, 2.45) is 0 Å². The molecule has 0 bridgehead atoms. The molecule has 2 aromatic carbocycles. The molecule has 26 heavy (non-hydrogen) atoms. The van der Waals surface area contributed by atoms with E-state index in [2.05, 4.69) is 5.32 Å². The molecule has 140 valence electrons. The van der Waals surface area contributed by atoms with E-state index in [-0.39, 0.29) is 11.9 Å². The van der Waals surface area contributed by atoms with Gasteiger partial charge in [0.15, 0.2) is 0 Å². The number of hydrogen-bond donors (Lipinski definition) is 1. The first kappa shape index (κ1) is 19.9. The minimum Gasteiger partial charge on any atom is -0.348 e. The number of halogens is 1. The quantitative estimate of drug-likeness (QED) is 0.840. The van der Waals surface area contributed by atoms with E-state index in [1.807, 2.05) is 13.0 Å². The average Bonchev–Trinajstić information content (AvgIpc) is 2.54. The van der Waals surface area contributed by atoms with E-state index >= 15 is 0 Å². The van der Waals surface area contributed by atoms with Gasteiger partial charge in [-0.05, 0) is 56.2 Å². The molecule has 0 unspecified atom stereocenters. The highest BCUT2D eigenvalue weighted by atomic mass is 32.2. The monoisotopic (exact) mass is 378 g/mol. The van der Waals surface area contributed by atoms with E-state index in [0.717, 1.165) is 21.7 Å². The molecule has 0 aliphatic carbocycles. The van der Waals surface area contributed by atoms with Crippen LogP contribution in [0.2, 0.25) is 0 Å². The normalized spacial score (nSPS) is 13.7. The van der Waals surface area contributed by atoms with Gasteiger partial charge in [-0.15, -0.1) is 0 Å². The first-order chi connectivity index (χ1) is 12.1. The third-order valence-corrected chi connectivity index (χ3v) is 5.32.